The number of fused-ring (bicyclic) bond motifs is 1. The van der Waals surface area contributed by atoms with Gasteiger partial charge in [-0.05, 0) is 26.0 Å². The van der Waals surface area contributed by atoms with Crippen molar-refractivity contribution in [2.75, 3.05) is 5.32 Å². The summed E-state index contributed by atoms with van der Waals surface area (Å²) in [5.74, 6) is -0.422. The quantitative estimate of drug-likeness (QED) is 0.776. The molecule has 3 nitrogen and oxygen atoms in total. The van der Waals surface area contributed by atoms with E-state index in [-0.39, 0.29) is 5.02 Å². The van der Waals surface area contributed by atoms with Gasteiger partial charge in [0, 0.05) is 11.1 Å². The molecule has 2 heterocycles. The van der Waals surface area contributed by atoms with E-state index >= 15 is 0 Å². The summed E-state index contributed by atoms with van der Waals surface area (Å²) in [6.45, 7) is 4.50. The molecule has 0 spiro atoms. The van der Waals surface area contributed by atoms with Gasteiger partial charge >= 0.3 is 0 Å². The number of benzene rings is 1. The molecular formula is C14H13ClFN3S. The second-order valence-corrected chi connectivity index (χ2v) is 6.21. The lowest BCUT2D eigenvalue weighted by Gasteiger charge is -2.08. The molecule has 0 saturated carbocycles. The van der Waals surface area contributed by atoms with E-state index in [0.717, 1.165) is 16.3 Å². The first kappa shape index (κ1) is 13.4. The minimum absolute atomic E-state index is 0.122. The van der Waals surface area contributed by atoms with Gasteiger partial charge in [0.25, 0.3) is 0 Å². The Morgan fingerprint density at radius 1 is 1.40 bits per heavy atom. The summed E-state index contributed by atoms with van der Waals surface area (Å²) in [6.07, 6.45) is 2.05. The molecule has 3 aromatic rings. The van der Waals surface area contributed by atoms with Crippen molar-refractivity contribution < 1.29 is 4.39 Å². The van der Waals surface area contributed by atoms with Crippen LogP contribution in [0.2, 0.25) is 5.02 Å². The largest absolute Gasteiger partial charge is 0.377 e. The topological polar surface area (TPSA) is 29.3 Å². The van der Waals surface area contributed by atoms with Crippen molar-refractivity contribution in [1.29, 1.82) is 0 Å². The van der Waals surface area contributed by atoms with Gasteiger partial charge in [0.2, 0.25) is 0 Å². The number of aromatic nitrogens is 2. The maximum atomic E-state index is 13.8. The van der Waals surface area contributed by atoms with Crippen molar-refractivity contribution in [3.8, 4) is 0 Å². The summed E-state index contributed by atoms with van der Waals surface area (Å²) in [7, 11) is 0. The van der Waals surface area contributed by atoms with Crippen LogP contribution < -0.4 is 5.32 Å². The minimum atomic E-state index is -0.422. The molecule has 0 aliphatic heterocycles. The third-order valence-electron chi connectivity index (χ3n) is 3.14. The summed E-state index contributed by atoms with van der Waals surface area (Å²) in [5, 5.41) is 3.20. The average molecular weight is 310 g/mol. The number of hydrogen-bond acceptors (Lipinski definition) is 3. The van der Waals surface area contributed by atoms with Crippen molar-refractivity contribution >= 4 is 33.6 Å². The van der Waals surface area contributed by atoms with E-state index < -0.39 is 5.82 Å². The summed E-state index contributed by atoms with van der Waals surface area (Å²) in [4.78, 5) is 6.67. The van der Waals surface area contributed by atoms with Crippen molar-refractivity contribution in [3.05, 3.63) is 51.5 Å². The van der Waals surface area contributed by atoms with E-state index in [0.29, 0.717) is 12.2 Å². The van der Waals surface area contributed by atoms with E-state index in [1.807, 2.05) is 24.4 Å². The maximum absolute atomic E-state index is 13.8. The molecule has 0 unspecified atom stereocenters. The Kier molecular flexibility index (Phi) is 3.40. The van der Waals surface area contributed by atoms with Crippen LogP contribution in [0, 0.1) is 19.7 Å². The van der Waals surface area contributed by atoms with Crippen LogP contribution in [-0.4, -0.2) is 9.38 Å². The van der Waals surface area contributed by atoms with E-state index in [1.165, 1.54) is 10.9 Å². The van der Waals surface area contributed by atoms with Crippen LogP contribution in [-0.2, 0) is 6.54 Å². The van der Waals surface area contributed by atoms with Gasteiger partial charge < -0.3 is 5.32 Å². The van der Waals surface area contributed by atoms with Gasteiger partial charge in [0.1, 0.15) is 0 Å². The van der Waals surface area contributed by atoms with Crippen molar-refractivity contribution in [1.82, 2.24) is 9.38 Å². The molecule has 104 valence electrons. The molecule has 0 aliphatic carbocycles. The van der Waals surface area contributed by atoms with Gasteiger partial charge in [-0.25, -0.2) is 9.37 Å². The maximum Gasteiger partial charge on any atom is 0.194 e. The predicted molar refractivity (Wildman–Crippen MR) is 81.3 cm³/mol. The van der Waals surface area contributed by atoms with E-state index in [1.54, 1.807) is 23.5 Å². The van der Waals surface area contributed by atoms with Crippen LogP contribution in [0.4, 0.5) is 10.1 Å². The summed E-state index contributed by atoms with van der Waals surface area (Å²) in [6, 6.07) is 4.93. The molecule has 1 N–H and O–H groups in total. The second-order valence-electron chi connectivity index (χ2n) is 4.59. The summed E-state index contributed by atoms with van der Waals surface area (Å²) >= 11 is 7.42. The number of nitrogens with one attached hydrogen (secondary N) is 1. The van der Waals surface area contributed by atoms with E-state index in [9.17, 15) is 4.39 Å². The van der Waals surface area contributed by atoms with Crippen LogP contribution in [0.3, 0.4) is 0 Å². The highest BCUT2D eigenvalue weighted by molar-refractivity contribution is 7.17. The van der Waals surface area contributed by atoms with Gasteiger partial charge in [-0.15, -0.1) is 11.3 Å². The highest BCUT2D eigenvalue weighted by Crippen LogP contribution is 2.24. The number of imidazole rings is 1. The predicted octanol–water partition coefficient (Wildman–Crippen LogP) is 4.42. The second kappa shape index (κ2) is 5.07. The standard InChI is InChI=1S/C14H13ClFN3S/c1-8-7-19-12(9(2)18-14(19)20-8)6-17-11-5-3-4-10(15)13(11)16/h3-5,7,17H,6H2,1-2H3. The number of rotatable bonds is 3. The molecular weight excluding hydrogens is 297 g/mol. The molecule has 0 radical (unpaired) electrons. The summed E-state index contributed by atoms with van der Waals surface area (Å²) in [5.41, 5.74) is 2.38. The monoisotopic (exact) mass is 309 g/mol. The number of nitrogens with zero attached hydrogens (tertiary/aromatic N) is 2. The fourth-order valence-corrected chi connectivity index (χ4v) is 3.21. The SMILES string of the molecule is Cc1cn2c(CNc3cccc(Cl)c3F)c(C)nc2s1. The summed E-state index contributed by atoms with van der Waals surface area (Å²) < 4.78 is 15.9. The third-order valence-corrected chi connectivity index (χ3v) is 4.33. The Bertz CT molecular complexity index is 778. The highest BCUT2D eigenvalue weighted by atomic mass is 35.5. The first-order valence-electron chi connectivity index (χ1n) is 6.18. The Morgan fingerprint density at radius 3 is 3.00 bits per heavy atom. The molecule has 0 fully saturated rings. The molecule has 0 amide bonds. The highest BCUT2D eigenvalue weighted by Gasteiger charge is 2.12. The molecule has 2 aromatic heterocycles. The van der Waals surface area contributed by atoms with Crippen LogP contribution >= 0.6 is 22.9 Å². The molecule has 3 rings (SSSR count). The van der Waals surface area contributed by atoms with Crippen LogP contribution in [0.15, 0.2) is 24.4 Å². The number of hydrogen-bond donors (Lipinski definition) is 1. The average Bonchev–Trinajstić information content (AvgIpc) is 2.87. The van der Waals surface area contributed by atoms with E-state index in [2.05, 4.69) is 10.3 Å². The van der Waals surface area contributed by atoms with Gasteiger partial charge in [0.05, 0.1) is 28.6 Å². The fourth-order valence-electron chi connectivity index (χ4n) is 2.14. The van der Waals surface area contributed by atoms with Gasteiger partial charge in [-0.1, -0.05) is 17.7 Å². The molecule has 20 heavy (non-hydrogen) atoms. The van der Waals surface area contributed by atoms with Crippen molar-refractivity contribution in [2.24, 2.45) is 0 Å². The Labute approximate surface area is 125 Å². The molecule has 1 aromatic carbocycles. The molecule has 0 aliphatic rings. The van der Waals surface area contributed by atoms with Gasteiger partial charge in [-0.2, -0.15) is 0 Å². The van der Waals surface area contributed by atoms with E-state index in [4.69, 9.17) is 11.6 Å². The lowest BCUT2D eigenvalue weighted by molar-refractivity contribution is 0.630. The van der Waals surface area contributed by atoms with Crippen molar-refractivity contribution in [2.45, 2.75) is 20.4 Å². The van der Waals surface area contributed by atoms with Gasteiger partial charge in [0.15, 0.2) is 10.8 Å². The van der Waals surface area contributed by atoms with Crippen molar-refractivity contribution in [3.63, 3.8) is 0 Å². The lowest BCUT2D eigenvalue weighted by atomic mass is 10.3. The van der Waals surface area contributed by atoms with Gasteiger partial charge in [-0.3, -0.25) is 4.40 Å². The first-order chi connectivity index (χ1) is 9.56. The zero-order chi connectivity index (χ0) is 14.3. The molecule has 0 bridgehead atoms. The zero-order valence-corrected chi connectivity index (χ0v) is 12.6. The number of anilines is 1. The van der Waals surface area contributed by atoms with Crippen LogP contribution in [0.25, 0.3) is 4.96 Å². The number of halogens is 2. The number of thiazole rings is 1. The Hall–Kier alpha value is -1.59. The third kappa shape index (κ3) is 2.27. The smallest absolute Gasteiger partial charge is 0.194 e. The molecule has 0 saturated heterocycles. The Balaban J connectivity index is 1.90. The number of aryl methyl sites for hydroxylation is 2. The zero-order valence-electron chi connectivity index (χ0n) is 11.1. The van der Waals surface area contributed by atoms with Crippen LogP contribution in [0.5, 0.6) is 0 Å². The fraction of sp³-hybridized carbons (Fsp3) is 0.214. The Morgan fingerprint density at radius 2 is 2.20 bits per heavy atom. The molecule has 6 heteroatoms. The first-order valence-corrected chi connectivity index (χ1v) is 7.37. The normalized spacial score (nSPS) is 11.2. The lowest BCUT2D eigenvalue weighted by Crippen LogP contribution is -2.05. The van der Waals surface area contributed by atoms with Crippen LogP contribution in [0.1, 0.15) is 16.3 Å². The molecule has 0 atom stereocenters. The minimum Gasteiger partial charge on any atom is -0.377 e.